The molecule has 9 unspecified atom stereocenters. The third kappa shape index (κ3) is 5.41. The normalized spacial score (nSPS) is 45.7. The minimum Gasteiger partial charge on any atom is -0.393 e. The van der Waals surface area contributed by atoms with E-state index in [0.717, 1.165) is 42.9 Å². The van der Waals surface area contributed by atoms with E-state index in [-0.39, 0.29) is 17.4 Å². The Bertz CT molecular complexity index is 585. The smallest absolute Gasteiger partial charge is 0.104 e. The molecular weight excluding hydrogens is 395 g/mol. The van der Waals surface area contributed by atoms with Crippen LogP contribution in [0.25, 0.3) is 0 Å². The molecule has 4 saturated carbocycles. The number of aliphatic hydroxyl groups is 1. The molecule has 0 spiro atoms. The lowest BCUT2D eigenvalue weighted by Gasteiger charge is -2.61. The van der Waals surface area contributed by atoms with Crippen molar-refractivity contribution in [2.75, 3.05) is 0 Å². The van der Waals surface area contributed by atoms with E-state index in [4.69, 9.17) is 0 Å². The van der Waals surface area contributed by atoms with Gasteiger partial charge in [-0.3, -0.25) is 0 Å². The zero-order valence-corrected chi connectivity index (χ0v) is 22.5. The maximum atomic E-state index is 15.4. The quantitative estimate of drug-likeness (QED) is 0.415. The molecule has 4 rings (SSSR count). The predicted octanol–water partition coefficient (Wildman–Crippen LogP) is 8.83. The summed E-state index contributed by atoms with van der Waals surface area (Å²) in [6.07, 6.45) is 13.5. The van der Waals surface area contributed by atoms with Crippen LogP contribution in [0.3, 0.4) is 0 Å². The third-order valence-electron chi connectivity index (χ3n) is 10.4. The van der Waals surface area contributed by atoms with E-state index in [1.807, 2.05) is 0 Å². The van der Waals surface area contributed by atoms with Crippen LogP contribution in [0.15, 0.2) is 0 Å². The molecule has 9 atom stereocenters. The molecule has 2 heteroatoms. The molecule has 188 valence electrons. The minimum atomic E-state index is -0.686. The van der Waals surface area contributed by atoms with Crippen LogP contribution in [0.5, 0.6) is 0 Å². The Morgan fingerprint density at radius 3 is 2.09 bits per heavy atom. The Labute approximate surface area is 199 Å². The molecule has 0 heterocycles. The fourth-order valence-corrected chi connectivity index (χ4v) is 8.75. The first-order chi connectivity index (χ1) is 15.0. The van der Waals surface area contributed by atoms with Gasteiger partial charge in [-0.05, 0) is 110 Å². The lowest BCUT2D eigenvalue weighted by Crippen LogP contribution is -2.57. The van der Waals surface area contributed by atoms with Gasteiger partial charge in [0, 0.05) is 0 Å². The van der Waals surface area contributed by atoms with Gasteiger partial charge in [-0.25, -0.2) is 4.39 Å². The monoisotopic (exact) mass is 450 g/mol. The fraction of sp³-hybridized carbons (Fsp3) is 1.00. The summed E-state index contributed by atoms with van der Waals surface area (Å²) in [6.45, 7) is 16.2. The van der Waals surface area contributed by atoms with Gasteiger partial charge in [-0.15, -0.1) is 0 Å². The first-order valence-corrected chi connectivity index (χ1v) is 14.3. The van der Waals surface area contributed by atoms with E-state index >= 15 is 4.39 Å². The largest absolute Gasteiger partial charge is 0.393 e. The predicted molar refractivity (Wildman–Crippen MR) is 135 cm³/mol. The van der Waals surface area contributed by atoms with Crippen molar-refractivity contribution in [3.05, 3.63) is 0 Å². The lowest BCUT2D eigenvalue weighted by molar-refractivity contribution is -0.154. The van der Waals surface area contributed by atoms with Crippen molar-refractivity contribution in [2.45, 2.75) is 138 Å². The van der Waals surface area contributed by atoms with Gasteiger partial charge in [0.1, 0.15) is 6.17 Å². The van der Waals surface area contributed by atoms with Gasteiger partial charge in [0.2, 0.25) is 0 Å². The van der Waals surface area contributed by atoms with E-state index in [0.29, 0.717) is 23.7 Å². The van der Waals surface area contributed by atoms with E-state index in [1.54, 1.807) is 0 Å². The minimum absolute atomic E-state index is 0.107. The molecule has 0 aromatic carbocycles. The molecule has 1 nitrogen and oxygen atoms in total. The van der Waals surface area contributed by atoms with Gasteiger partial charge < -0.3 is 5.11 Å². The molecule has 32 heavy (non-hydrogen) atoms. The molecule has 0 aromatic rings. The van der Waals surface area contributed by atoms with Crippen LogP contribution >= 0.6 is 0 Å². The van der Waals surface area contributed by atoms with Gasteiger partial charge >= 0.3 is 0 Å². The highest BCUT2D eigenvalue weighted by Gasteiger charge is 2.62. The Morgan fingerprint density at radius 2 is 1.44 bits per heavy atom. The van der Waals surface area contributed by atoms with Crippen molar-refractivity contribution in [3.63, 3.8) is 0 Å². The van der Waals surface area contributed by atoms with Gasteiger partial charge in [0.05, 0.1) is 6.10 Å². The summed E-state index contributed by atoms with van der Waals surface area (Å²) in [5.41, 5.74) is 0.605. The maximum Gasteiger partial charge on any atom is 0.104 e. The molecule has 4 aliphatic carbocycles. The Morgan fingerprint density at radius 1 is 0.812 bits per heavy atom. The maximum absolute atomic E-state index is 15.4. The van der Waals surface area contributed by atoms with E-state index < -0.39 is 6.17 Å². The number of alkyl halides is 1. The van der Waals surface area contributed by atoms with Crippen LogP contribution in [0.4, 0.5) is 4.39 Å². The van der Waals surface area contributed by atoms with Gasteiger partial charge in [-0.1, -0.05) is 67.7 Å². The molecule has 0 saturated heterocycles. The molecule has 4 aliphatic rings. The van der Waals surface area contributed by atoms with Gasteiger partial charge in [0.15, 0.2) is 0 Å². The van der Waals surface area contributed by atoms with E-state index in [9.17, 15) is 5.11 Å². The lowest BCUT2D eigenvalue weighted by atomic mass is 9.44. The summed E-state index contributed by atoms with van der Waals surface area (Å²) in [6, 6.07) is 0. The zero-order chi connectivity index (χ0) is 23.7. The summed E-state index contributed by atoms with van der Waals surface area (Å²) in [4.78, 5) is 0. The second-order valence-corrected chi connectivity index (χ2v) is 13.9. The number of aliphatic hydroxyl groups excluding tert-OH is 1. The highest BCUT2D eigenvalue weighted by Crippen LogP contribution is 2.68. The van der Waals surface area contributed by atoms with E-state index in [1.165, 1.54) is 51.4 Å². The van der Waals surface area contributed by atoms with Crippen LogP contribution in [0.2, 0.25) is 0 Å². The Balaban J connectivity index is 0.000000668. The molecule has 0 amide bonds. The van der Waals surface area contributed by atoms with Crippen LogP contribution in [-0.4, -0.2) is 17.4 Å². The number of halogens is 1. The van der Waals surface area contributed by atoms with Crippen molar-refractivity contribution in [1.82, 2.24) is 0 Å². The summed E-state index contributed by atoms with van der Waals surface area (Å²) in [5, 5.41) is 10.2. The second kappa shape index (κ2) is 10.7. The van der Waals surface area contributed by atoms with Crippen LogP contribution < -0.4 is 0 Å². The average Bonchev–Trinajstić information content (AvgIpc) is 3.03. The zero-order valence-electron chi connectivity index (χ0n) is 22.5. The molecule has 0 aliphatic heterocycles. The summed E-state index contributed by atoms with van der Waals surface area (Å²) >= 11 is 0. The number of hydrogen-bond acceptors (Lipinski definition) is 1. The number of rotatable bonds is 5. The molecule has 1 N–H and O–H groups in total. The van der Waals surface area contributed by atoms with Crippen molar-refractivity contribution in [3.8, 4) is 0 Å². The van der Waals surface area contributed by atoms with Crippen molar-refractivity contribution in [2.24, 2.45) is 52.3 Å². The third-order valence-corrected chi connectivity index (χ3v) is 10.4. The highest BCUT2D eigenvalue weighted by molar-refractivity contribution is 5.11. The average molecular weight is 451 g/mol. The Hall–Kier alpha value is -0.110. The number of hydrogen-bond donors (Lipinski definition) is 1. The van der Waals surface area contributed by atoms with Crippen LogP contribution in [-0.2, 0) is 0 Å². The van der Waals surface area contributed by atoms with Gasteiger partial charge in [0.25, 0.3) is 0 Å². The van der Waals surface area contributed by atoms with Crippen LogP contribution in [0.1, 0.15) is 126 Å². The first-order valence-electron chi connectivity index (χ1n) is 14.3. The summed E-state index contributed by atoms with van der Waals surface area (Å²) in [7, 11) is 0. The fourth-order valence-electron chi connectivity index (χ4n) is 8.75. The van der Waals surface area contributed by atoms with Crippen LogP contribution in [0, 0.1) is 52.3 Å². The van der Waals surface area contributed by atoms with E-state index in [2.05, 4.69) is 48.5 Å². The molecule has 0 radical (unpaired) electrons. The highest BCUT2D eigenvalue weighted by atomic mass is 19.1. The molecule has 0 bridgehead atoms. The molecular formula is C30H55FO. The topological polar surface area (TPSA) is 20.2 Å². The first kappa shape index (κ1) is 26.5. The second-order valence-electron chi connectivity index (χ2n) is 13.9. The summed E-state index contributed by atoms with van der Waals surface area (Å²) in [5.74, 6) is 4.70. The van der Waals surface area contributed by atoms with Crippen molar-refractivity contribution < 1.29 is 9.50 Å². The standard InChI is InChI=1S/C26H45FO.C4H10/c1-17(2)7-5-6-8-18-9-10-21-20-16-24(27)23-15-19(28)11-13-26(23,4)22(20)12-14-25(18,21)3;1-4(2)3/h17-24,28H,5-16H2,1-4H3;4H,1-3H3. The molecule has 0 aromatic heterocycles. The summed E-state index contributed by atoms with van der Waals surface area (Å²) < 4.78 is 15.4. The number of unbranched alkanes of at least 4 members (excludes halogenated alkanes) is 1. The number of fused-ring (bicyclic) bond motifs is 5. The van der Waals surface area contributed by atoms with Crippen molar-refractivity contribution >= 4 is 0 Å². The van der Waals surface area contributed by atoms with Gasteiger partial charge in [-0.2, -0.15) is 0 Å². The molecule has 4 fully saturated rings. The Kier molecular flexibility index (Phi) is 8.82. The van der Waals surface area contributed by atoms with Crippen molar-refractivity contribution in [1.29, 1.82) is 0 Å². The SMILES string of the molecule is CC(C)C.CC(C)CCCCC1CCC2C3CC(F)C4CC(O)CCC4(C)C3CCC12C.